The van der Waals surface area contributed by atoms with Crippen LogP contribution in [0.25, 0.3) is 0 Å². The number of hydrogen-bond acceptors (Lipinski definition) is 2. The number of nitrogens with one attached hydrogen (secondary N) is 1. The smallest absolute Gasteiger partial charge is 0.0918 e. The summed E-state index contributed by atoms with van der Waals surface area (Å²) in [5, 5.41) is 7.26. The van der Waals surface area contributed by atoms with Crippen LogP contribution in [-0.2, 0) is 0 Å². The Hall–Kier alpha value is -0.570. The summed E-state index contributed by atoms with van der Waals surface area (Å²) in [4.78, 5) is 2.45. The lowest BCUT2D eigenvalue weighted by atomic mass is 10.1. The van der Waals surface area contributed by atoms with Gasteiger partial charge in [-0.1, -0.05) is 27.2 Å². The fourth-order valence-corrected chi connectivity index (χ4v) is 1.83. The zero-order valence-corrected chi connectivity index (χ0v) is 10.7. The van der Waals surface area contributed by atoms with Crippen molar-refractivity contribution in [1.82, 2.24) is 4.90 Å². The largest absolute Gasteiger partial charge is 0.388 e. The predicted molar refractivity (Wildman–Crippen MR) is 67.3 cm³/mol. The molecule has 3 heteroatoms. The van der Waals surface area contributed by atoms with Crippen LogP contribution in [0.4, 0.5) is 0 Å². The lowest BCUT2D eigenvalue weighted by Crippen LogP contribution is -2.38. The molecule has 0 aliphatic carbocycles. The molecule has 0 saturated carbocycles. The van der Waals surface area contributed by atoms with Crippen molar-refractivity contribution in [2.24, 2.45) is 11.7 Å². The molecule has 0 aromatic rings. The minimum Gasteiger partial charge on any atom is -0.388 e. The molecule has 0 aromatic heterocycles. The summed E-state index contributed by atoms with van der Waals surface area (Å²) in [6, 6.07) is 0.608. The summed E-state index contributed by atoms with van der Waals surface area (Å²) in [6.07, 6.45) is 3.14. The van der Waals surface area contributed by atoms with Crippen LogP contribution in [0.3, 0.4) is 0 Å². The van der Waals surface area contributed by atoms with Gasteiger partial charge in [-0.15, -0.1) is 0 Å². The fraction of sp³-hybridized carbons (Fsp3) is 0.917. The van der Waals surface area contributed by atoms with Crippen molar-refractivity contribution in [3.63, 3.8) is 0 Å². The second-order valence-electron chi connectivity index (χ2n) is 4.80. The number of rotatable bonds is 8. The molecule has 3 nitrogen and oxygen atoms in total. The standard InChI is InChI=1S/C12H27N3/c1-5-6-11(4)15(9-10(2)3)8-7-12(13)14/h10-11H,5-9H2,1-4H3,(H3,13,14). The SMILES string of the molecule is CCCC(C)N(CCC(=N)N)CC(C)C. The lowest BCUT2D eigenvalue weighted by molar-refractivity contribution is 0.182. The molecule has 0 fully saturated rings. The first kappa shape index (κ1) is 14.4. The Bertz CT molecular complexity index is 178. The van der Waals surface area contributed by atoms with Crippen molar-refractivity contribution in [1.29, 1.82) is 5.41 Å². The maximum Gasteiger partial charge on any atom is 0.0918 e. The molecule has 0 aliphatic heterocycles. The van der Waals surface area contributed by atoms with E-state index < -0.39 is 0 Å². The van der Waals surface area contributed by atoms with Gasteiger partial charge in [0.05, 0.1) is 5.84 Å². The maximum absolute atomic E-state index is 7.26. The molecule has 3 N–H and O–H groups in total. The van der Waals surface area contributed by atoms with Crippen molar-refractivity contribution in [3.8, 4) is 0 Å². The molecular formula is C12H27N3. The summed E-state index contributed by atoms with van der Waals surface area (Å²) < 4.78 is 0. The summed E-state index contributed by atoms with van der Waals surface area (Å²) in [7, 11) is 0. The molecule has 0 aliphatic rings. The van der Waals surface area contributed by atoms with Crippen LogP contribution in [-0.4, -0.2) is 29.9 Å². The molecule has 1 unspecified atom stereocenters. The van der Waals surface area contributed by atoms with Gasteiger partial charge in [0.2, 0.25) is 0 Å². The van der Waals surface area contributed by atoms with Crippen LogP contribution in [0.5, 0.6) is 0 Å². The quantitative estimate of drug-likeness (QED) is 0.481. The average molecular weight is 213 g/mol. The molecule has 90 valence electrons. The van der Waals surface area contributed by atoms with E-state index in [9.17, 15) is 0 Å². The molecule has 0 amide bonds. The Balaban J connectivity index is 4.10. The van der Waals surface area contributed by atoms with Gasteiger partial charge >= 0.3 is 0 Å². The summed E-state index contributed by atoms with van der Waals surface area (Å²) in [6.45, 7) is 11.0. The van der Waals surface area contributed by atoms with Crippen molar-refractivity contribution in [3.05, 3.63) is 0 Å². The van der Waals surface area contributed by atoms with Crippen molar-refractivity contribution >= 4 is 5.84 Å². The highest BCUT2D eigenvalue weighted by Crippen LogP contribution is 2.10. The number of amidine groups is 1. The predicted octanol–water partition coefficient (Wildman–Crippen LogP) is 2.46. The van der Waals surface area contributed by atoms with E-state index in [0.717, 1.165) is 13.1 Å². The fourth-order valence-electron chi connectivity index (χ4n) is 1.83. The van der Waals surface area contributed by atoms with Gasteiger partial charge < -0.3 is 5.73 Å². The maximum atomic E-state index is 7.26. The second kappa shape index (κ2) is 7.69. The third-order valence-corrected chi connectivity index (χ3v) is 2.60. The Labute approximate surface area is 94.5 Å². The van der Waals surface area contributed by atoms with E-state index in [2.05, 4.69) is 32.6 Å². The van der Waals surface area contributed by atoms with Crippen LogP contribution >= 0.6 is 0 Å². The Kier molecular flexibility index (Phi) is 7.39. The van der Waals surface area contributed by atoms with Gasteiger partial charge in [-0.2, -0.15) is 0 Å². The third-order valence-electron chi connectivity index (χ3n) is 2.60. The Morgan fingerprint density at radius 3 is 2.33 bits per heavy atom. The Morgan fingerprint density at radius 1 is 1.33 bits per heavy atom. The van der Waals surface area contributed by atoms with E-state index >= 15 is 0 Å². The van der Waals surface area contributed by atoms with Gasteiger partial charge in [0.25, 0.3) is 0 Å². The molecule has 1 atom stereocenters. The van der Waals surface area contributed by atoms with E-state index in [1.165, 1.54) is 12.8 Å². The van der Waals surface area contributed by atoms with Crippen LogP contribution in [0.2, 0.25) is 0 Å². The first-order valence-electron chi connectivity index (χ1n) is 6.04. The number of nitrogens with zero attached hydrogens (tertiary/aromatic N) is 1. The minimum absolute atomic E-state index is 0.299. The molecule has 0 heterocycles. The highest BCUT2D eigenvalue weighted by atomic mass is 15.1. The van der Waals surface area contributed by atoms with E-state index in [0.29, 0.717) is 24.2 Å². The van der Waals surface area contributed by atoms with Crippen LogP contribution in [0.1, 0.15) is 47.0 Å². The van der Waals surface area contributed by atoms with Crippen molar-refractivity contribution in [2.45, 2.75) is 53.0 Å². The zero-order valence-electron chi connectivity index (χ0n) is 10.7. The monoisotopic (exact) mass is 213 g/mol. The van der Waals surface area contributed by atoms with Crippen LogP contribution < -0.4 is 5.73 Å². The average Bonchev–Trinajstić information content (AvgIpc) is 2.11. The van der Waals surface area contributed by atoms with Gasteiger partial charge in [0.15, 0.2) is 0 Å². The van der Waals surface area contributed by atoms with Crippen molar-refractivity contribution < 1.29 is 0 Å². The summed E-state index contributed by atoms with van der Waals surface area (Å²) >= 11 is 0. The molecule has 0 aromatic carbocycles. The number of nitrogens with two attached hydrogens (primary N) is 1. The van der Waals surface area contributed by atoms with E-state index in [1.54, 1.807) is 0 Å². The second-order valence-corrected chi connectivity index (χ2v) is 4.80. The van der Waals surface area contributed by atoms with E-state index in [4.69, 9.17) is 11.1 Å². The summed E-state index contributed by atoms with van der Waals surface area (Å²) in [5.74, 6) is 0.976. The first-order valence-corrected chi connectivity index (χ1v) is 6.04. The molecule has 15 heavy (non-hydrogen) atoms. The molecule has 0 radical (unpaired) electrons. The topological polar surface area (TPSA) is 53.1 Å². The molecule has 0 spiro atoms. The van der Waals surface area contributed by atoms with Gasteiger partial charge in [-0.25, -0.2) is 0 Å². The van der Waals surface area contributed by atoms with Gasteiger partial charge in [-0.3, -0.25) is 10.3 Å². The highest BCUT2D eigenvalue weighted by Gasteiger charge is 2.14. The third kappa shape index (κ3) is 7.37. The first-order chi connectivity index (χ1) is 6.97. The highest BCUT2D eigenvalue weighted by molar-refractivity contribution is 5.76. The molecule has 0 rings (SSSR count). The lowest BCUT2D eigenvalue weighted by Gasteiger charge is -2.30. The Morgan fingerprint density at radius 2 is 1.93 bits per heavy atom. The zero-order chi connectivity index (χ0) is 11.8. The van der Waals surface area contributed by atoms with Crippen LogP contribution in [0.15, 0.2) is 0 Å². The van der Waals surface area contributed by atoms with E-state index in [1.807, 2.05) is 0 Å². The summed E-state index contributed by atoms with van der Waals surface area (Å²) in [5.41, 5.74) is 5.40. The van der Waals surface area contributed by atoms with Crippen LogP contribution in [0, 0.1) is 11.3 Å². The molecular weight excluding hydrogens is 186 g/mol. The normalized spacial score (nSPS) is 13.5. The minimum atomic E-state index is 0.299. The molecule has 0 saturated heterocycles. The van der Waals surface area contributed by atoms with Gasteiger partial charge in [0, 0.05) is 25.6 Å². The van der Waals surface area contributed by atoms with Crippen molar-refractivity contribution in [2.75, 3.05) is 13.1 Å². The molecule has 0 bridgehead atoms. The van der Waals surface area contributed by atoms with Gasteiger partial charge in [0.1, 0.15) is 0 Å². The number of hydrogen-bond donors (Lipinski definition) is 2. The van der Waals surface area contributed by atoms with E-state index in [-0.39, 0.29) is 0 Å². The van der Waals surface area contributed by atoms with Gasteiger partial charge in [-0.05, 0) is 19.3 Å².